The third-order valence-electron chi connectivity index (χ3n) is 2.36. The zero-order valence-corrected chi connectivity index (χ0v) is 13.4. The first-order valence-electron chi connectivity index (χ1n) is 6.04. The highest BCUT2D eigenvalue weighted by Gasteiger charge is 2.12. The van der Waals surface area contributed by atoms with Crippen molar-refractivity contribution in [3.05, 3.63) is 29.8 Å². The van der Waals surface area contributed by atoms with Crippen LogP contribution in [0.3, 0.4) is 0 Å². The van der Waals surface area contributed by atoms with Crippen LogP contribution in [0.15, 0.2) is 29.2 Å². The maximum Gasteiger partial charge on any atom is 0.192 e. The van der Waals surface area contributed by atoms with Crippen LogP contribution in [0.1, 0.15) is 12.5 Å². The van der Waals surface area contributed by atoms with Gasteiger partial charge in [0, 0.05) is 17.4 Å². The Balaban J connectivity index is 2.69. The smallest absolute Gasteiger partial charge is 0.192 e. The SMILES string of the molecule is CC(=O)Sc1ccccc1C(=S)OCC[N+](C)(C)C. The van der Waals surface area contributed by atoms with Crippen molar-refractivity contribution in [1.29, 1.82) is 0 Å². The lowest BCUT2D eigenvalue weighted by atomic mass is 10.2. The Morgan fingerprint density at radius 3 is 2.53 bits per heavy atom. The van der Waals surface area contributed by atoms with Crippen LogP contribution in [0, 0.1) is 0 Å². The number of ether oxygens (including phenoxy) is 1. The van der Waals surface area contributed by atoms with Crippen molar-refractivity contribution < 1.29 is 14.0 Å². The molecule has 0 saturated heterocycles. The van der Waals surface area contributed by atoms with E-state index in [1.807, 2.05) is 24.3 Å². The van der Waals surface area contributed by atoms with Gasteiger partial charge in [0.15, 0.2) is 10.2 Å². The van der Waals surface area contributed by atoms with E-state index in [4.69, 9.17) is 17.0 Å². The molecule has 0 bridgehead atoms. The Labute approximate surface area is 124 Å². The quantitative estimate of drug-likeness (QED) is 0.474. The van der Waals surface area contributed by atoms with Crippen LogP contribution in [-0.2, 0) is 9.53 Å². The van der Waals surface area contributed by atoms with E-state index in [1.54, 1.807) is 6.92 Å². The Kier molecular flexibility index (Phi) is 5.97. The Bertz CT molecular complexity index is 467. The fourth-order valence-corrected chi connectivity index (χ4v) is 2.42. The summed E-state index contributed by atoms with van der Waals surface area (Å²) < 4.78 is 6.44. The topological polar surface area (TPSA) is 26.3 Å². The number of thioether (sulfide) groups is 1. The van der Waals surface area contributed by atoms with Gasteiger partial charge in [0.1, 0.15) is 13.2 Å². The number of quaternary nitrogens is 1. The maximum absolute atomic E-state index is 11.2. The molecule has 1 aromatic rings. The van der Waals surface area contributed by atoms with E-state index in [9.17, 15) is 4.79 Å². The molecule has 0 unspecified atom stereocenters. The number of hydrogen-bond donors (Lipinski definition) is 0. The van der Waals surface area contributed by atoms with Crippen LogP contribution in [0.2, 0.25) is 0 Å². The molecule has 3 nitrogen and oxygen atoms in total. The minimum absolute atomic E-state index is 0.0432. The molecular weight excluding hydrogens is 278 g/mol. The Morgan fingerprint density at radius 2 is 1.95 bits per heavy atom. The van der Waals surface area contributed by atoms with Gasteiger partial charge in [-0.25, -0.2) is 0 Å². The zero-order chi connectivity index (χ0) is 14.5. The second kappa shape index (κ2) is 7.03. The maximum atomic E-state index is 11.2. The summed E-state index contributed by atoms with van der Waals surface area (Å²) >= 11 is 6.48. The average Bonchev–Trinajstić information content (AvgIpc) is 2.27. The summed E-state index contributed by atoms with van der Waals surface area (Å²) in [6.45, 7) is 2.99. The first kappa shape index (κ1) is 16.1. The molecule has 0 N–H and O–H groups in total. The second-order valence-corrected chi connectivity index (χ2v) is 6.83. The number of likely N-dealkylation sites (N-methyl/N-ethyl adjacent to an activating group) is 1. The van der Waals surface area contributed by atoms with Crippen LogP contribution in [-0.4, -0.2) is 48.9 Å². The van der Waals surface area contributed by atoms with Crippen molar-refractivity contribution in [1.82, 2.24) is 0 Å². The summed E-state index contributed by atoms with van der Waals surface area (Å²) in [5.41, 5.74) is 0.819. The summed E-state index contributed by atoms with van der Waals surface area (Å²) in [5, 5.41) is 0.499. The van der Waals surface area contributed by atoms with E-state index in [-0.39, 0.29) is 5.12 Å². The van der Waals surface area contributed by atoms with Crippen molar-refractivity contribution >= 4 is 34.1 Å². The summed E-state index contributed by atoms with van der Waals surface area (Å²) in [4.78, 5) is 12.1. The van der Waals surface area contributed by atoms with Crippen molar-refractivity contribution in [2.75, 3.05) is 34.3 Å². The summed E-state index contributed by atoms with van der Waals surface area (Å²) in [6.07, 6.45) is 0. The van der Waals surface area contributed by atoms with Gasteiger partial charge < -0.3 is 9.22 Å². The van der Waals surface area contributed by atoms with E-state index < -0.39 is 0 Å². The number of benzene rings is 1. The van der Waals surface area contributed by atoms with Gasteiger partial charge in [-0.15, -0.1) is 0 Å². The predicted octanol–water partition coefficient (Wildman–Crippen LogP) is 2.72. The number of nitrogens with zero attached hydrogens (tertiary/aromatic N) is 1. The minimum Gasteiger partial charge on any atom is -0.477 e. The molecule has 1 rings (SSSR count). The van der Waals surface area contributed by atoms with E-state index in [1.165, 1.54) is 11.8 Å². The van der Waals surface area contributed by atoms with Crippen molar-refractivity contribution in [3.63, 3.8) is 0 Å². The van der Waals surface area contributed by atoms with Gasteiger partial charge in [0.25, 0.3) is 0 Å². The van der Waals surface area contributed by atoms with Crippen LogP contribution in [0.5, 0.6) is 0 Å². The number of carbonyl (C=O) groups excluding carboxylic acids is 1. The molecule has 0 saturated carbocycles. The largest absolute Gasteiger partial charge is 0.477 e. The molecule has 0 atom stereocenters. The standard InChI is InChI=1S/C14H20NO2S2/c1-11(16)19-13-8-6-5-7-12(13)14(18)17-10-9-15(2,3)4/h5-8H,9-10H2,1-4H3/q+1. The van der Waals surface area contributed by atoms with Crippen LogP contribution in [0.4, 0.5) is 0 Å². The average molecular weight is 298 g/mol. The molecule has 104 valence electrons. The fraction of sp³-hybridized carbons (Fsp3) is 0.429. The molecule has 0 aliphatic carbocycles. The van der Waals surface area contributed by atoms with E-state index in [2.05, 4.69) is 21.1 Å². The van der Waals surface area contributed by atoms with Gasteiger partial charge in [0.2, 0.25) is 0 Å². The van der Waals surface area contributed by atoms with Crippen molar-refractivity contribution in [2.24, 2.45) is 0 Å². The van der Waals surface area contributed by atoms with Gasteiger partial charge >= 0.3 is 0 Å². The molecule has 0 fully saturated rings. The van der Waals surface area contributed by atoms with Gasteiger partial charge in [-0.3, -0.25) is 4.79 Å². The van der Waals surface area contributed by atoms with Crippen LogP contribution < -0.4 is 0 Å². The van der Waals surface area contributed by atoms with Crippen LogP contribution in [0.25, 0.3) is 0 Å². The van der Waals surface area contributed by atoms with Crippen LogP contribution >= 0.6 is 24.0 Å². The summed E-state index contributed by atoms with van der Waals surface area (Å²) in [5.74, 6) is 0. The first-order valence-corrected chi connectivity index (χ1v) is 7.27. The zero-order valence-electron chi connectivity index (χ0n) is 11.8. The Hall–Kier alpha value is -0.910. The molecule has 19 heavy (non-hydrogen) atoms. The van der Waals surface area contributed by atoms with Gasteiger partial charge in [-0.2, -0.15) is 0 Å². The summed E-state index contributed by atoms with van der Waals surface area (Å²) in [7, 11) is 6.31. The number of hydrogen-bond acceptors (Lipinski definition) is 4. The molecule has 0 spiro atoms. The lowest BCUT2D eigenvalue weighted by Gasteiger charge is -2.23. The molecule has 0 radical (unpaired) electrons. The lowest BCUT2D eigenvalue weighted by Crippen LogP contribution is -2.37. The third kappa shape index (κ3) is 6.18. The first-order chi connectivity index (χ1) is 8.79. The molecule has 0 aliphatic heterocycles. The molecule has 1 aromatic carbocycles. The van der Waals surface area contributed by atoms with E-state index >= 15 is 0 Å². The fourth-order valence-electron chi connectivity index (χ4n) is 1.37. The minimum atomic E-state index is 0.0432. The second-order valence-electron chi connectivity index (χ2n) is 5.24. The predicted molar refractivity (Wildman–Crippen MR) is 83.5 cm³/mol. The van der Waals surface area contributed by atoms with Gasteiger partial charge in [-0.1, -0.05) is 23.9 Å². The van der Waals surface area contributed by atoms with Gasteiger partial charge in [-0.05, 0) is 24.4 Å². The monoisotopic (exact) mass is 298 g/mol. The summed E-state index contributed by atoms with van der Waals surface area (Å²) in [6, 6.07) is 7.56. The molecule has 0 aliphatic rings. The lowest BCUT2D eigenvalue weighted by molar-refractivity contribution is -0.870. The third-order valence-corrected chi connectivity index (χ3v) is 3.56. The number of thiocarbonyl (C=S) groups is 1. The van der Waals surface area contributed by atoms with E-state index in [0.717, 1.165) is 21.5 Å². The van der Waals surface area contributed by atoms with Gasteiger partial charge in [0.05, 0.1) is 21.1 Å². The molecule has 5 heteroatoms. The van der Waals surface area contributed by atoms with E-state index in [0.29, 0.717) is 11.7 Å². The Morgan fingerprint density at radius 1 is 1.32 bits per heavy atom. The molecular formula is C14H20NO2S2+. The highest BCUT2D eigenvalue weighted by Crippen LogP contribution is 2.24. The number of rotatable bonds is 5. The molecule has 0 heterocycles. The van der Waals surface area contributed by atoms with Crippen molar-refractivity contribution in [3.8, 4) is 0 Å². The highest BCUT2D eigenvalue weighted by atomic mass is 32.2. The normalized spacial score (nSPS) is 11.2. The van der Waals surface area contributed by atoms with Crippen molar-refractivity contribution in [2.45, 2.75) is 11.8 Å². The molecule has 0 amide bonds. The number of carbonyl (C=O) groups is 1. The highest BCUT2D eigenvalue weighted by molar-refractivity contribution is 8.13. The molecule has 0 aromatic heterocycles.